The van der Waals surface area contributed by atoms with E-state index in [0.717, 1.165) is 17.9 Å². The molecule has 0 aliphatic rings. The lowest BCUT2D eigenvalue weighted by Crippen LogP contribution is -2.09. The van der Waals surface area contributed by atoms with E-state index in [1.54, 1.807) is 12.1 Å². The summed E-state index contributed by atoms with van der Waals surface area (Å²) < 4.78 is 23.1. The second-order valence-electron chi connectivity index (χ2n) is 5.13. The van der Waals surface area contributed by atoms with Crippen LogP contribution in [0, 0.1) is 10.1 Å². The summed E-state index contributed by atoms with van der Waals surface area (Å²) in [5.74, 6) is 0. The van der Waals surface area contributed by atoms with Gasteiger partial charge in [0.05, 0.1) is 9.82 Å². The van der Waals surface area contributed by atoms with Crippen molar-refractivity contribution in [3.63, 3.8) is 0 Å². The topological polar surface area (TPSA) is 89.3 Å². The normalized spacial score (nSPS) is 12.7. The number of nitrogens with zero attached hydrogens (tertiary/aromatic N) is 1. The van der Waals surface area contributed by atoms with Crippen LogP contribution in [0.25, 0.3) is 0 Å². The van der Waals surface area contributed by atoms with Gasteiger partial charge in [0.25, 0.3) is 5.69 Å². The van der Waals surface area contributed by atoms with E-state index < -0.39 is 14.8 Å². The van der Waals surface area contributed by atoms with Crippen LogP contribution < -0.4 is 5.32 Å². The van der Waals surface area contributed by atoms with Crippen molar-refractivity contribution in [2.24, 2.45) is 0 Å². The van der Waals surface area contributed by atoms with Crippen LogP contribution in [-0.4, -0.2) is 19.6 Å². The molecule has 0 spiro atoms. The summed E-state index contributed by atoms with van der Waals surface area (Å²) in [6.45, 7) is 1.84. The highest BCUT2D eigenvalue weighted by molar-refractivity contribution is 7.90. The Kier molecular flexibility index (Phi) is 4.91. The van der Waals surface area contributed by atoms with Crippen molar-refractivity contribution in [2.45, 2.75) is 17.9 Å². The van der Waals surface area contributed by atoms with E-state index in [2.05, 4.69) is 5.32 Å². The minimum absolute atomic E-state index is 0.0890. The van der Waals surface area contributed by atoms with E-state index in [1.165, 1.54) is 12.1 Å². The first-order chi connectivity index (χ1) is 10.7. The molecule has 6 nitrogen and oxygen atoms in total. The van der Waals surface area contributed by atoms with Crippen LogP contribution in [0.3, 0.4) is 0 Å². The Balaban J connectivity index is 2.35. The van der Waals surface area contributed by atoms with Crippen LogP contribution in [0.15, 0.2) is 47.4 Å². The first kappa shape index (κ1) is 17.2. The summed E-state index contributed by atoms with van der Waals surface area (Å²) in [5, 5.41) is 14.8. The number of halogens is 1. The van der Waals surface area contributed by atoms with E-state index in [4.69, 9.17) is 11.6 Å². The Hall–Kier alpha value is -2.12. The SMILES string of the molecule is C[C@@H](Nc1ccc(S(C)(=O)=O)cc1[N+](=O)[O-])c1ccc(Cl)cc1. The average molecular weight is 355 g/mol. The molecule has 0 aliphatic heterocycles. The maximum absolute atomic E-state index is 11.5. The van der Waals surface area contributed by atoms with Crippen molar-refractivity contribution in [1.29, 1.82) is 0 Å². The van der Waals surface area contributed by atoms with Gasteiger partial charge in [-0.25, -0.2) is 8.42 Å². The molecule has 0 bridgehead atoms. The number of hydrogen-bond donors (Lipinski definition) is 1. The van der Waals surface area contributed by atoms with Gasteiger partial charge in [0, 0.05) is 23.4 Å². The predicted octanol–water partition coefficient (Wildman–Crippen LogP) is 3.82. The van der Waals surface area contributed by atoms with Crippen LogP contribution in [0.4, 0.5) is 11.4 Å². The van der Waals surface area contributed by atoms with Crippen molar-refractivity contribution < 1.29 is 13.3 Å². The molecule has 0 heterocycles. The van der Waals surface area contributed by atoms with Gasteiger partial charge in [0.2, 0.25) is 0 Å². The molecule has 0 fully saturated rings. The molecule has 8 heteroatoms. The first-order valence-electron chi connectivity index (χ1n) is 6.69. The Labute approximate surface area is 139 Å². The van der Waals surface area contributed by atoms with Gasteiger partial charge in [0.15, 0.2) is 9.84 Å². The van der Waals surface area contributed by atoms with Crippen LogP contribution in [0.5, 0.6) is 0 Å². The maximum atomic E-state index is 11.5. The van der Waals surface area contributed by atoms with E-state index in [1.807, 2.05) is 19.1 Å². The summed E-state index contributed by atoms with van der Waals surface area (Å²) in [5.41, 5.74) is 0.870. The van der Waals surface area contributed by atoms with Crippen molar-refractivity contribution in [2.75, 3.05) is 11.6 Å². The second kappa shape index (κ2) is 6.55. The minimum Gasteiger partial charge on any atom is -0.373 e. The minimum atomic E-state index is -3.51. The summed E-state index contributed by atoms with van der Waals surface area (Å²) >= 11 is 5.84. The average Bonchev–Trinajstić information content (AvgIpc) is 2.46. The molecule has 0 aliphatic carbocycles. The van der Waals surface area contributed by atoms with Gasteiger partial charge in [-0.15, -0.1) is 0 Å². The van der Waals surface area contributed by atoms with Gasteiger partial charge in [-0.2, -0.15) is 0 Å². The summed E-state index contributed by atoms with van der Waals surface area (Å²) in [6.07, 6.45) is 1.01. The summed E-state index contributed by atoms with van der Waals surface area (Å²) in [7, 11) is -3.51. The smallest absolute Gasteiger partial charge is 0.293 e. The fraction of sp³-hybridized carbons (Fsp3) is 0.200. The van der Waals surface area contributed by atoms with Crippen molar-refractivity contribution >= 4 is 32.8 Å². The third kappa shape index (κ3) is 4.20. The number of nitrogens with one attached hydrogen (secondary N) is 1. The monoisotopic (exact) mass is 354 g/mol. The number of nitro benzene ring substituents is 1. The van der Waals surface area contributed by atoms with Gasteiger partial charge < -0.3 is 5.32 Å². The zero-order chi connectivity index (χ0) is 17.2. The van der Waals surface area contributed by atoms with Gasteiger partial charge in [0.1, 0.15) is 5.69 Å². The first-order valence-corrected chi connectivity index (χ1v) is 8.96. The number of sulfone groups is 1. The lowest BCUT2D eigenvalue weighted by Gasteiger charge is -2.16. The molecule has 0 amide bonds. The standard InChI is InChI=1S/C15H15ClN2O4S/c1-10(11-3-5-12(16)6-4-11)17-14-8-7-13(23(2,21)22)9-15(14)18(19)20/h3-10,17H,1-2H3/t10-/m1/s1. The predicted molar refractivity (Wildman–Crippen MR) is 89.7 cm³/mol. The second-order valence-corrected chi connectivity index (χ2v) is 7.58. The van der Waals surface area contributed by atoms with Gasteiger partial charge in [-0.3, -0.25) is 10.1 Å². The molecular weight excluding hydrogens is 340 g/mol. The molecule has 0 saturated heterocycles. The fourth-order valence-corrected chi connectivity index (χ4v) is 2.85. The largest absolute Gasteiger partial charge is 0.373 e. The Morgan fingerprint density at radius 2 is 1.78 bits per heavy atom. The van der Waals surface area contributed by atoms with Gasteiger partial charge >= 0.3 is 0 Å². The van der Waals surface area contributed by atoms with E-state index in [9.17, 15) is 18.5 Å². The molecule has 2 rings (SSSR count). The summed E-state index contributed by atoms with van der Waals surface area (Å²) in [4.78, 5) is 10.5. The van der Waals surface area contributed by atoms with E-state index >= 15 is 0 Å². The molecule has 122 valence electrons. The fourth-order valence-electron chi connectivity index (χ4n) is 2.08. The van der Waals surface area contributed by atoms with E-state index in [0.29, 0.717) is 5.02 Å². The van der Waals surface area contributed by atoms with Crippen molar-refractivity contribution in [3.8, 4) is 0 Å². The molecule has 23 heavy (non-hydrogen) atoms. The molecule has 2 aromatic rings. The summed E-state index contributed by atoms with van der Waals surface area (Å²) in [6, 6.07) is 10.7. The van der Waals surface area contributed by atoms with Crippen molar-refractivity contribution in [3.05, 3.63) is 63.2 Å². The molecule has 0 aromatic heterocycles. The number of rotatable bonds is 5. The number of benzene rings is 2. The number of anilines is 1. The van der Waals surface area contributed by atoms with Gasteiger partial charge in [-0.1, -0.05) is 23.7 Å². The molecule has 2 aromatic carbocycles. The Morgan fingerprint density at radius 3 is 2.30 bits per heavy atom. The third-order valence-electron chi connectivity index (χ3n) is 3.34. The quantitative estimate of drug-likeness (QED) is 0.651. The zero-order valence-corrected chi connectivity index (χ0v) is 14.1. The van der Waals surface area contributed by atoms with Crippen LogP contribution in [-0.2, 0) is 9.84 Å². The Bertz CT molecular complexity index is 835. The maximum Gasteiger partial charge on any atom is 0.293 e. The van der Waals surface area contributed by atoms with E-state index in [-0.39, 0.29) is 22.3 Å². The number of hydrogen-bond acceptors (Lipinski definition) is 5. The third-order valence-corrected chi connectivity index (χ3v) is 4.70. The number of nitro groups is 1. The highest BCUT2D eigenvalue weighted by Gasteiger charge is 2.20. The Morgan fingerprint density at radius 1 is 1.17 bits per heavy atom. The zero-order valence-electron chi connectivity index (χ0n) is 12.5. The lowest BCUT2D eigenvalue weighted by atomic mass is 10.1. The molecule has 1 N–H and O–H groups in total. The molecule has 1 atom stereocenters. The van der Waals surface area contributed by atoms with Crippen LogP contribution in [0.2, 0.25) is 5.02 Å². The van der Waals surface area contributed by atoms with Gasteiger partial charge in [-0.05, 0) is 36.8 Å². The molecule has 0 unspecified atom stereocenters. The van der Waals surface area contributed by atoms with Crippen molar-refractivity contribution in [1.82, 2.24) is 0 Å². The highest BCUT2D eigenvalue weighted by Crippen LogP contribution is 2.30. The molecule has 0 radical (unpaired) electrons. The molecule has 0 saturated carbocycles. The highest BCUT2D eigenvalue weighted by atomic mass is 35.5. The van der Waals surface area contributed by atoms with Crippen LogP contribution in [0.1, 0.15) is 18.5 Å². The lowest BCUT2D eigenvalue weighted by molar-refractivity contribution is -0.384. The molecular formula is C15H15ClN2O4S. The van der Waals surface area contributed by atoms with Crippen LogP contribution >= 0.6 is 11.6 Å².